The highest BCUT2D eigenvalue weighted by Crippen LogP contribution is 2.37. The number of nitrogen functional groups attached to an aromatic ring is 1. The van der Waals surface area contributed by atoms with Crippen LogP contribution < -0.4 is 5.73 Å². The molecule has 0 aliphatic heterocycles. The van der Waals surface area contributed by atoms with E-state index in [9.17, 15) is 5.11 Å². The summed E-state index contributed by atoms with van der Waals surface area (Å²) in [7, 11) is 0. The minimum absolute atomic E-state index is 0.148. The molecular weight excluding hydrogens is 422 g/mol. The van der Waals surface area contributed by atoms with Crippen LogP contribution in [0.2, 0.25) is 0 Å². The van der Waals surface area contributed by atoms with Crippen LogP contribution in [-0.2, 0) is 0 Å². The van der Waals surface area contributed by atoms with Crippen molar-refractivity contribution in [2.24, 2.45) is 0 Å². The van der Waals surface area contributed by atoms with Crippen molar-refractivity contribution in [1.29, 1.82) is 0 Å². The molecule has 0 fully saturated rings. The Morgan fingerprint density at radius 2 is 1.39 bits per heavy atom. The molecule has 0 spiro atoms. The number of rotatable bonds is 2. The first kappa shape index (κ1) is 16.0. The summed E-state index contributed by atoms with van der Waals surface area (Å²) in [5.41, 5.74) is 10.3. The summed E-state index contributed by atoms with van der Waals surface area (Å²) >= 11 is 6.66. The number of phenolic OH excluding ortho intramolecular Hbond substituents is 1. The Morgan fingerprint density at radius 3 is 1.96 bits per heavy atom. The van der Waals surface area contributed by atoms with Crippen molar-refractivity contribution in [3.05, 3.63) is 57.0 Å². The Kier molecular flexibility index (Phi) is 4.37. The maximum atomic E-state index is 9.84. The molecule has 0 aliphatic carbocycles. The van der Waals surface area contributed by atoms with Gasteiger partial charge in [-0.2, -0.15) is 0 Å². The van der Waals surface area contributed by atoms with E-state index in [1.807, 2.05) is 37.3 Å². The Balaban J connectivity index is 2.13. The zero-order valence-corrected chi connectivity index (χ0v) is 15.4. The summed E-state index contributed by atoms with van der Waals surface area (Å²) < 4.78 is 1.16. The lowest BCUT2D eigenvalue weighted by Crippen LogP contribution is -1.98. The average molecular weight is 435 g/mol. The van der Waals surface area contributed by atoms with Crippen LogP contribution in [0.5, 0.6) is 5.75 Å². The fourth-order valence-corrected chi connectivity index (χ4v) is 3.39. The van der Waals surface area contributed by atoms with Crippen LogP contribution in [0, 0.1) is 6.92 Å². The molecular formula is C17H13Br2N3O. The highest BCUT2D eigenvalue weighted by molar-refractivity contribution is 9.11. The molecule has 0 aliphatic rings. The minimum Gasteiger partial charge on any atom is -0.506 e. The quantitative estimate of drug-likeness (QED) is 0.599. The maximum absolute atomic E-state index is 9.84. The van der Waals surface area contributed by atoms with Crippen molar-refractivity contribution in [3.63, 3.8) is 0 Å². The first-order valence-electron chi connectivity index (χ1n) is 6.84. The SMILES string of the molecule is Cc1ccc(-c2cc(-c3cc(Br)c(O)c(Br)c3)nc(N)n2)cc1. The molecule has 6 heteroatoms. The van der Waals surface area contributed by atoms with E-state index >= 15 is 0 Å². The smallest absolute Gasteiger partial charge is 0.221 e. The highest BCUT2D eigenvalue weighted by Gasteiger charge is 2.11. The molecule has 116 valence electrons. The Hall–Kier alpha value is -1.92. The highest BCUT2D eigenvalue weighted by atomic mass is 79.9. The minimum atomic E-state index is 0.148. The summed E-state index contributed by atoms with van der Waals surface area (Å²) in [5, 5.41) is 9.84. The molecule has 4 nitrogen and oxygen atoms in total. The molecule has 1 aromatic heterocycles. The number of aromatic hydroxyl groups is 1. The van der Waals surface area contributed by atoms with Crippen molar-refractivity contribution in [2.75, 3.05) is 5.73 Å². The van der Waals surface area contributed by atoms with Crippen molar-refractivity contribution in [2.45, 2.75) is 6.92 Å². The van der Waals surface area contributed by atoms with E-state index in [0.29, 0.717) is 14.6 Å². The third-order valence-corrected chi connectivity index (χ3v) is 4.61. The molecule has 0 unspecified atom stereocenters. The third kappa shape index (κ3) is 3.38. The monoisotopic (exact) mass is 433 g/mol. The van der Waals surface area contributed by atoms with E-state index in [2.05, 4.69) is 41.8 Å². The molecule has 0 bridgehead atoms. The Bertz CT molecular complexity index is 857. The standard InChI is InChI=1S/C17H13Br2N3O/c1-9-2-4-10(5-3-9)14-8-15(22-17(20)21-14)11-6-12(18)16(23)13(19)7-11/h2-8,23H,1H3,(H2,20,21,22). The number of hydrogen-bond donors (Lipinski definition) is 2. The largest absolute Gasteiger partial charge is 0.506 e. The number of phenols is 1. The Morgan fingerprint density at radius 1 is 0.870 bits per heavy atom. The van der Waals surface area contributed by atoms with Crippen LogP contribution in [0.1, 0.15) is 5.56 Å². The molecule has 0 saturated carbocycles. The van der Waals surface area contributed by atoms with Gasteiger partial charge in [-0.3, -0.25) is 0 Å². The van der Waals surface area contributed by atoms with Gasteiger partial charge in [0.05, 0.1) is 20.3 Å². The van der Waals surface area contributed by atoms with Crippen molar-refractivity contribution < 1.29 is 5.11 Å². The molecule has 0 radical (unpaired) electrons. The van der Waals surface area contributed by atoms with Crippen LogP contribution in [-0.4, -0.2) is 15.1 Å². The molecule has 3 aromatic rings. The van der Waals surface area contributed by atoms with E-state index < -0.39 is 0 Å². The molecule has 3 rings (SSSR count). The van der Waals surface area contributed by atoms with Gasteiger partial charge in [-0.05, 0) is 57.0 Å². The molecule has 0 amide bonds. The van der Waals surface area contributed by atoms with Gasteiger partial charge in [0.25, 0.3) is 0 Å². The maximum Gasteiger partial charge on any atom is 0.221 e. The first-order valence-corrected chi connectivity index (χ1v) is 8.42. The summed E-state index contributed by atoms with van der Waals surface area (Å²) in [6, 6.07) is 13.5. The van der Waals surface area contributed by atoms with Crippen LogP contribution >= 0.6 is 31.9 Å². The number of nitrogens with zero attached hydrogens (tertiary/aromatic N) is 2. The number of halogens is 2. The lowest BCUT2D eigenvalue weighted by atomic mass is 10.1. The zero-order valence-electron chi connectivity index (χ0n) is 12.2. The van der Waals surface area contributed by atoms with Crippen molar-refractivity contribution >= 4 is 37.8 Å². The van der Waals surface area contributed by atoms with Gasteiger partial charge in [0.2, 0.25) is 5.95 Å². The van der Waals surface area contributed by atoms with Gasteiger partial charge < -0.3 is 10.8 Å². The van der Waals surface area contributed by atoms with Crippen LogP contribution in [0.4, 0.5) is 5.95 Å². The number of aromatic nitrogens is 2. The van der Waals surface area contributed by atoms with Gasteiger partial charge in [0.1, 0.15) is 5.75 Å². The molecule has 1 heterocycles. The van der Waals surface area contributed by atoms with Gasteiger partial charge in [-0.25, -0.2) is 9.97 Å². The predicted molar refractivity (Wildman–Crippen MR) is 99.1 cm³/mol. The van der Waals surface area contributed by atoms with Gasteiger partial charge in [0.15, 0.2) is 0 Å². The van der Waals surface area contributed by atoms with Gasteiger partial charge in [-0.15, -0.1) is 0 Å². The van der Waals surface area contributed by atoms with E-state index in [4.69, 9.17) is 5.73 Å². The lowest BCUT2D eigenvalue weighted by molar-refractivity contribution is 0.468. The molecule has 3 N–H and O–H groups in total. The van der Waals surface area contributed by atoms with Crippen molar-refractivity contribution in [3.8, 4) is 28.3 Å². The normalized spacial score (nSPS) is 10.7. The first-order chi connectivity index (χ1) is 10.9. The number of anilines is 1. The fourth-order valence-electron chi connectivity index (χ4n) is 2.20. The van der Waals surface area contributed by atoms with Gasteiger partial charge in [0, 0.05) is 11.1 Å². The summed E-state index contributed by atoms with van der Waals surface area (Å²) in [6.07, 6.45) is 0. The average Bonchev–Trinajstić information content (AvgIpc) is 2.52. The molecule has 2 aromatic carbocycles. The van der Waals surface area contributed by atoms with Crippen LogP contribution in [0.3, 0.4) is 0 Å². The molecule has 23 heavy (non-hydrogen) atoms. The zero-order chi connectivity index (χ0) is 16.6. The number of benzene rings is 2. The lowest BCUT2D eigenvalue weighted by Gasteiger charge is -2.09. The van der Waals surface area contributed by atoms with E-state index in [1.54, 1.807) is 12.1 Å². The summed E-state index contributed by atoms with van der Waals surface area (Å²) in [6.45, 7) is 2.04. The Labute approximate surface area is 150 Å². The van der Waals surface area contributed by atoms with Crippen molar-refractivity contribution in [1.82, 2.24) is 9.97 Å². The molecule has 0 saturated heterocycles. The number of nitrogens with two attached hydrogens (primary N) is 1. The molecule has 0 atom stereocenters. The van der Waals surface area contributed by atoms with E-state index in [0.717, 1.165) is 16.8 Å². The third-order valence-electron chi connectivity index (χ3n) is 3.40. The van der Waals surface area contributed by atoms with Crippen LogP contribution in [0.25, 0.3) is 22.5 Å². The topological polar surface area (TPSA) is 72.0 Å². The van der Waals surface area contributed by atoms with E-state index in [1.165, 1.54) is 5.56 Å². The number of hydrogen-bond acceptors (Lipinski definition) is 4. The second-order valence-corrected chi connectivity index (χ2v) is 6.86. The second kappa shape index (κ2) is 6.29. The number of aryl methyl sites for hydroxylation is 1. The predicted octanol–water partition coefficient (Wildman–Crippen LogP) is 4.93. The van der Waals surface area contributed by atoms with Gasteiger partial charge in [-0.1, -0.05) is 29.8 Å². The summed E-state index contributed by atoms with van der Waals surface area (Å²) in [5.74, 6) is 0.355. The fraction of sp³-hybridized carbons (Fsp3) is 0.0588. The van der Waals surface area contributed by atoms with E-state index in [-0.39, 0.29) is 11.7 Å². The summed E-state index contributed by atoms with van der Waals surface area (Å²) in [4.78, 5) is 8.62. The van der Waals surface area contributed by atoms with Gasteiger partial charge >= 0.3 is 0 Å². The second-order valence-electron chi connectivity index (χ2n) is 5.15. The van der Waals surface area contributed by atoms with Crippen LogP contribution in [0.15, 0.2) is 51.4 Å².